The smallest absolute Gasteiger partial charge is 0.247 e. The molecule has 2 aliphatic rings. The van der Waals surface area contributed by atoms with Crippen molar-refractivity contribution in [3.05, 3.63) is 35.9 Å². The predicted molar refractivity (Wildman–Crippen MR) is 91.6 cm³/mol. The molecule has 8 heteroatoms. The van der Waals surface area contributed by atoms with Crippen LogP contribution in [0.5, 0.6) is 0 Å². The lowest BCUT2D eigenvalue weighted by Gasteiger charge is -2.44. The van der Waals surface area contributed by atoms with Crippen LogP contribution in [0.15, 0.2) is 34.9 Å². The lowest BCUT2D eigenvalue weighted by molar-refractivity contribution is -0.127. The minimum atomic E-state index is -0.334. The first kappa shape index (κ1) is 16.1. The van der Waals surface area contributed by atoms with Crippen molar-refractivity contribution in [2.75, 3.05) is 37.6 Å². The van der Waals surface area contributed by atoms with Gasteiger partial charge in [-0.1, -0.05) is 17.3 Å². The number of nitrogens with zero attached hydrogens (tertiary/aromatic N) is 6. The van der Waals surface area contributed by atoms with E-state index in [4.69, 9.17) is 15.0 Å². The number of fused-ring (bicyclic) bond motifs is 1. The molecule has 2 saturated heterocycles. The first-order valence-electron chi connectivity index (χ1n) is 8.37. The quantitative estimate of drug-likeness (QED) is 0.747. The zero-order valence-corrected chi connectivity index (χ0v) is 14.0. The lowest BCUT2D eigenvalue weighted by atomic mass is 10.1. The molecule has 0 saturated carbocycles. The number of amides is 1. The van der Waals surface area contributed by atoms with Gasteiger partial charge in [0.15, 0.2) is 17.8 Å². The van der Waals surface area contributed by atoms with E-state index in [0.29, 0.717) is 43.3 Å². The molecule has 1 aromatic carbocycles. The molecule has 0 radical (unpaired) electrons. The molecular formula is C18H16N6O2. The van der Waals surface area contributed by atoms with Crippen LogP contribution in [0.2, 0.25) is 0 Å². The highest BCUT2D eigenvalue weighted by atomic mass is 16.5. The maximum atomic E-state index is 12.9. The van der Waals surface area contributed by atoms with Gasteiger partial charge in [-0.15, -0.1) is 0 Å². The van der Waals surface area contributed by atoms with Crippen LogP contribution in [0, 0.1) is 22.8 Å². The van der Waals surface area contributed by atoms with E-state index in [0.717, 1.165) is 12.1 Å². The second-order valence-electron chi connectivity index (χ2n) is 6.33. The van der Waals surface area contributed by atoms with E-state index in [1.54, 1.807) is 34.1 Å². The zero-order valence-electron chi connectivity index (χ0n) is 14.0. The highest BCUT2D eigenvalue weighted by Crippen LogP contribution is 2.27. The zero-order chi connectivity index (χ0) is 18.1. The molecule has 1 aromatic heterocycles. The normalized spacial score (nSPS) is 20.4. The summed E-state index contributed by atoms with van der Waals surface area (Å²) in [6, 6.07) is 10.5. The Hall–Kier alpha value is -3.36. The van der Waals surface area contributed by atoms with Crippen LogP contribution in [0.3, 0.4) is 0 Å². The fourth-order valence-corrected chi connectivity index (χ4v) is 3.43. The molecule has 4 rings (SSSR count). The lowest BCUT2D eigenvalue weighted by Crippen LogP contribution is -2.64. The molecule has 0 N–H and O–H groups in total. The van der Waals surface area contributed by atoms with Gasteiger partial charge in [0.05, 0.1) is 18.2 Å². The number of benzene rings is 1. The molecule has 0 spiro atoms. The van der Waals surface area contributed by atoms with Gasteiger partial charge < -0.3 is 9.42 Å². The first-order chi connectivity index (χ1) is 12.7. The molecule has 0 aliphatic carbocycles. The van der Waals surface area contributed by atoms with Gasteiger partial charge in [0.2, 0.25) is 5.91 Å². The van der Waals surface area contributed by atoms with E-state index in [1.807, 2.05) is 6.07 Å². The van der Waals surface area contributed by atoms with Gasteiger partial charge in [0.1, 0.15) is 6.04 Å². The summed E-state index contributed by atoms with van der Waals surface area (Å²) in [4.78, 5) is 18.2. The van der Waals surface area contributed by atoms with Crippen LogP contribution in [-0.2, 0) is 4.79 Å². The number of aromatic nitrogens is 1. The molecule has 26 heavy (non-hydrogen) atoms. The minimum Gasteiger partial charge on any atom is -0.354 e. The Kier molecular flexibility index (Phi) is 4.04. The molecule has 1 atom stereocenters. The fourth-order valence-electron chi connectivity index (χ4n) is 3.43. The number of hydrogen-bond donors (Lipinski definition) is 0. The number of hydrogen-bond acceptors (Lipinski definition) is 7. The van der Waals surface area contributed by atoms with Crippen molar-refractivity contribution >= 4 is 11.7 Å². The Morgan fingerprint density at radius 1 is 1.15 bits per heavy atom. The van der Waals surface area contributed by atoms with Gasteiger partial charge in [-0.3, -0.25) is 14.6 Å². The number of carbonyl (C=O) groups excluding carboxylic acids is 1. The molecule has 2 fully saturated rings. The Labute approximate surface area is 150 Å². The third kappa shape index (κ3) is 2.77. The Balaban J connectivity index is 1.57. The summed E-state index contributed by atoms with van der Waals surface area (Å²) in [5.74, 6) is 0.901. The molecule has 1 unspecified atom stereocenters. The van der Waals surface area contributed by atoms with Crippen molar-refractivity contribution in [3.8, 4) is 23.6 Å². The van der Waals surface area contributed by atoms with Crippen molar-refractivity contribution in [2.24, 2.45) is 0 Å². The van der Waals surface area contributed by atoms with Crippen molar-refractivity contribution in [2.45, 2.75) is 6.04 Å². The van der Waals surface area contributed by atoms with Gasteiger partial charge in [-0.05, 0) is 12.1 Å². The Morgan fingerprint density at radius 2 is 2.00 bits per heavy atom. The summed E-state index contributed by atoms with van der Waals surface area (Å²) >= 11 is 0. The van der Waals surface area contributed by atoms with Crippen LogP contribution in [0.1, 0.15) is 5.56 Å². The highest BCUT2D eigenvalue weighted by Gasteiger charge is 2.39. The van der Waals surface area contributed by atoms with Gasteiger partial charge in [-0.25, -0.2) is 0 Å². The molecule has 130 valence electrons. The summed E-state index contributed by atoms with van der Waals surface area (Å²) in [6.07, 6.45) is 2.12. The largest absolute Gasteiger partial charge is 0.354 e. The Bertz CT molecular complexity index is 924. The maximum Gasteiger partial charge on any atom is 0.247 e. The van der Waals surface area contributed by atoms with E-state index in [1.165, 1.54) is 0 Å². The van der Waals surface area contributed by atoms with E-state index in [9.17, 15) is 4.79 Å². The number of anilines is 1. The monoisotopic (exact) mass is 348 g/mol. The molecule has 2 aromatic rings. The summed E-state index contributed by atoms with van der Waals surface area (Å²) in [5, 5.41) is 22.2. The average molecular weight is 348 g/mol. The second kappa shape index (κ2) is 6.51. The number of rotatable bonds is 2. The molecule has 8 nitrogen and oxygen atoms in total. The van der Waals surface area contributed by atoms with E-state index >= 15 is 0 Å². The topological polar surface area (TPSA) is 100 Å². The molecule has 3 heterocycles. The third-order valence-corrected chi connectivity index (χ3v) is 4.85. The maximum absolute atomic E-state index is 12.9. The first-order valence-corrected chi connectivity index (χ1v) is 8.37. The van der Waals surface area contributed by atoms with Crippen LogP contribution in [-0.4, -0.2) is 59.6 Å². The van der Waals surface area contributed by atoms with Crippen molar-refractivity contribution in [1.82, 2.24) is 15.0 Å². The number of nitriles is 2. The fraction of sp³-hybridized carbons (Fsp3) is 0.333. The molecular weight excluding hydrogens is 332 g/mol. The Morgan fingerprint density at radius 3 is 2.81 bits per heavy atom. The van der Waals surface area contributed by atoms with E-state index in [-0.39, 0.29) is 11.9 Å². The standard InChI is InChI=1S/C18H16N6O2/c19-10-13-2-1-3-14(8-13)16-9-17(21-26-16)24-7-6-23-5-4-22(12-20)11-15(23)18(24)25/h1-3,8-9,15H,4-7,11H2. The van der Waals surface area contributed by atoms with Crippen LogP contribution < -0.4 is 4.90 Å². The van der Waals surface area contributed by atoms with Crippen molar-refractivity contribution < 1.29 is 9.32 Å². The van der Waals surface area contributed by atoms with Crippen LogP contribution >= 0.6 is 0 Å². The van der Waals surface area contributed by atoms with Crippen molar-refractivity contribution in [1.29, 1.82) is 10.5 Å². The van der Waals surface area contributed by atoms with Gasteiger partial charge in [-0.2, -0.15) is 10.5 Å². The summed E-state index contributed by atoms with van der Waals surface area (Å²) in [6.45, 7) is 3.04. The third-order valence-electron chi connectivity index (χ3n) is 4.85. The van der Waals surface area contributed by atoms with Crippen molar-refractivity contribution in [3.63, 3.8) is 0 Å². The van der Waals surface area contributed by atoms with E-state index in [2.05, 4.69) is 22.3 Å². The molecule has 1 amide bonds. The average Bonchev–Trinajstić information content (AvgIpc) is 3.18. The molecule has 2 aliphatic heterocycles. The summed E-state index contributed by atoms with van der Waals surface area (Å²) in [7, 11) is 0. The van der Waals surface area contributed by atoms with Gasteiger partial charge in [0, 0.05) is 37.8 Å². The number of carbonyl (C=O) groups is 1. The second-order valence-corrected chi connectivity index (χ2v) is 6.33. The predicted octanol–water partition coefficient (Wildman–Crippen LogP) is 1.03. The van der Waals surface area contributed by atoms with Crippen LogP contribution in [0.4, 0.5) is 5.82 Å². The highest BCUT2D eigenvalue weighted by molar-refractivity contribution is 5.97. The summed E-state index contributed by atoms with van der Waals surface area (Å²) < 4.78 is 5.40. The van der Waals surface area contributed by atoms with Gasteiger partial charge >= 0.3 is 0 Å². The summed E-state index contributed by atoms with van der Waals surface area (Å²) in [5.41, 5.74) is 1.27. The minimum absolute atomic E-state index is 0.0678. The SMILES string of the molecule is N#Cc1cccc(-c2cc(N3CCN4CCN(C#N)CC4C3=O)no2)c1. The van der Waals surface area contributed by atoms with E-state index < -0.39 is 0 Å². The molecule has 0 bridgehead atoms. The number of piperazine rings is 2. The van der Waals surface area contributed by atoms with Crippen LogP contribution in [0.25, 0.3) is 11.3 Å². The van der Waals surface area contributed by atoms with Gasteiger partial charge in [0.25, 0.3) is 0 Å².